The molecule has 2 aromatic carbocycles. The third kappa shape index (κ3) is 3.97. The summed E-state index contributed by atoms with van der Waals surface area (Å²) in [4.78, 5) is 27.3. The number of benzene rings is 2. The van der Waals surface area contributed by atoms with Crippen molar-refractivity contribution in [3.05, 3.63) is 71.3 Å². The van der Waals surface area contributed by atoms with E-state index in [0.717, 1.165) is 22.2 Å². The van der Waals surface area contributed by atoms with E-state index in [0.29, 0.717) is 15.8 Å². The van der Waals surface area contributed by atoms with Crippen LogP contribution in [0.1, 0.15) is 12.5 Å². The molecule has 1 aromatic heterocycles. The summed E-state index contributed by atoms with van der Waals surface area (Å²) in [6, 6.07) is 17.2. The second-order valence-electron chi connectivity index (χ2n) is 6.57. The van der Waals surface area contributed by atoms with Gasteiger partial charge in [0.2, 0.25) is 5.91 Å². The van der Waals surface area contributed by atoms with Crippen molar-refractivity contribution in [2.45, 2.75) is 13.5 Å². The fourth-order valence-corrected chi connectivity index (χ4v) is 4.69. The van der Waals surface area contributed by atoms with E-state index in [2.05, 4.69) is 5.32 Å². The molecule has 0 unspecified atom stereocenters. The molecular formula is C22H19N3O2S2. The largest absolute Gasteiger partial charge is 0.337 e. The number of para-hydroxylation sites is 2. The van der Waals surface area contributed by atoms with Crippen LogP contribution >= 0.6 is 24.0 Å². The third-order valence-corrected chi connectivity index (χ3v) is 6.05. The normalized spacial score (nSPS) is 15.5. The minimum atomic E-state index is -0.110. The summed E-state index contributed by atoms with van der Waals surface area (Å²) >= 11 is 6.61. The highest BCUT2D eigenvalue weighted by molar-refractivity contribution is 8.26. The van der Waals surface area contributed by atoms with Crippen molar-refractivity contribution in [1.82, 2.24) is 9.47 Å². The van der Waals surface area contributed by atoms with E-state index >= 15 is 0 Å². The summed E-state index contributed by atoms with van der Waals surface area (Å²) in [7, 11) is 0. The molecule has 0 bridgehead atoms. The van der Waals surface area contributed by atoms with Gasteiger partial charge in [0.1, 0.15) is 10.9 Å². The van der Waals surface area contributed by atoms with Crippen LogP contribution < -0.4 is 5.32 Å². The van der Waals surface area contributed by atoms with Crippen molar-refractivity contribution in [1.29, 1.82) is 0 Å². The van der Waals surface area contributed by atoms with E-state index in [9.17, 15) is 9.59 Å². The van der Waals surface area contributed by atoms with E-state index in [4.69, 9.17) is 12.2 Å². The number of hydrogen-bond acceptors (Lipinski definition) is 4. The van der Waals surface area contributed by atoms with Crippen molar-refractivity contribution in [3.63, 3.8) is 0 Å². The van der Waals surface area contributed by atoms with Crippen LogP contribution in [0.15, 0.2) is 65.7 Å². The molecule has 5 nitrogen and oxygen atoms in total. The second-order valence-corrected chi connectivity index (χ2v) is 8.25. The number of fused-ring (bicyclic) bond motifs is 1. The minimum Gasteiger partial charge on any atom is -0.337 e. The quantitative estimate of drug-likeness (QED) is 0.487. The number of aromatic nitrogens is 1. The van der Waals surface area contributed by atoms with Crippen molar-refractivity contribution in [3.8, 4) is 0 Å². The van der Waals surface area contributed by atoms with Crippen LogP contribution in [0.2, 0.25) is 0 Å². The number of thioether (sulfide) groups is 1. The zero-order valence-corrected chi connectivity index (χ0v) is 17.4. The lowest BCUT2D eigenvalue weighted by atomic mass is 10.1. The van der Waals surface area contributed by atoms with E-state index in [1.165, 1.54) is 11.8 Å². The van der Waals surface area contributed by atoms with Gasteiger partial charge in [0.05, 0.1) is 4.91 Å². The van der Waals surface area contributed by atoms with Crippen LogP contribution in [0.25, 0.3) is 17.0 Å². The van der Waals surface area contributed by atoms with Crippen LogP contribution in [0.3, 0.4) is 0 Å². The van der Waals surface area contributed by atoms with Crippen LogP contribution in [0.5, 0.6) is 0 Å². The Morgan fingerprint density at radius 1 is 1.14 bits per heavy atom. The Labute approximate surface area is 178 Å². The minimum absolute atomic E-state index is 0.0684. The highest BCUT2D eigenvalue weighted by Crippen LogP contribution is 2.34. The zero-order valence-electron chi connectivity index (χ0n) is 15.8. The number of likely N-dealkylation sites (N-methyl/N-ethyl adjacent to an activating group) is 1. The molecule has 0 radical (unpaired) electrons. The van der Waals surface area contributed by atoms with Gasteiger partial charge in [-0.3, -0.25) is 14.5 Å². The molecule has 1 aliphatic heterocycles. The van der Waals surface area contributed by atoms with Crippen molar-refractivity contribution in [2.24, 2.45) is 0 Å². The molecule has 1 N–H and O–H groups in total. The zero-order chi connectivity index (χ0) is 20.4. The lowest BCUT2D eigenvalue weighted by Gasteiger charge is -2.09. The SMILES string of the molecule is CCN1C(=O)C(=Cc2cn(CC(=O)Nc3ccccc3)c3ccccc23)SC1=S. The summed E-state index contributed by atoms with van der Waals surface area (Å²) in [5, 5.41) is 3.89. The summed E-state index contributed by atoms with van der Waals surface area (Å²) < 4.78 is 2.48. The van der Waals surface area contributed by atoms with Crippen molar-refractivity contribution in [2.75, 3.05) is 11.9 Å². The van der Waals surface area contributed by atoms with Crippen molar-refractivity contribution >= 4 is 62.8 Å². The molecule has 0 atom stereocenters. The molecule has 0 saturated carbocycles. The number of nitrogens with zero attached hydrogens (tertiary/aromatic N) is 2. The summed E-state index contributed by atoms with van der Waals surface area (Å²) in [6.07, 6.45) is 3.77. The first-order valence-electron chi connectivity index (χ1n) is 9.25. The smallest absolute Gasteiger partial charge is 0.266 e. The topological polar surface area (TPSA) is 54.3 Å². The Kier molecular flexibility index (Phi) is 5.51. The van der Waals surface area contributed by atoms with E-state index < -0.39 is 0 Å². The van der Waals surface area contributed by atoms with Crippen LogP contribution in [-0.4, -0.2) is 32.1 Å². The maximum Gasteiger partial charge on any atom is 0.266 e. The van der Waals surface area contributed by atoms with E-state index in [1.807, 2.05) is 78.4 Å². The average Bonchev–Trinajstić information content (AvgIpc) is 3.19. The summed E-state index contributed by atoms with van der Waals surface area (Å²) in [6.45, 7) is 2.65. The number of anilines is 1. The average molecular weight is 422 g/mol. The number of rotatable bonds is 5. The Balaban J connectivity index is 1.64. The van der Waals surface area contributed by atoms with Gasteiger partial charge in [-0.25, -0.2) is 0 Å². The predicted octanol–water partition coefficient (Wildman–Crippen LogP) is 4.50. The number of thiocarbonyl (C=S) groups is 1. The Bertz CT molecular complexity index is 1140. The molecule has 7 heteroatoms. The molecule has 2 amide bonds. The van der Waals surface area contributed by atoms with Crippen LogP contribution in [0, 0.1) is 0 Å². The number of carbonyl (C=O) groups is 2. The first-order valence-corrected chi connectivity index (χ1v) is 10.5. The second kappa shape index (κ2) is 8.23. The predicted molar refractivity (Wildman–Crippen MR) is 123 cm³/mol. The maximum absolute atomic E-state index is 12.6. The Morgan fingerprint density at radius 3 is 2.59 bits per heavy atom. The lowest BCUT2D eigenvalue weighted by molar-refractivity contribution is -0.122. The fourth-order valence-electron chi connectivity index (χ4n) is 3.31. The van der Waals surface area contributed by atoms with Gasteiger partial charge in [0.15, 0.2) is 0 Å². The molecule has 1 saturated heterocycles. The first kappa shape index (κ1) is 19.4. The fraction of sp³-hybridized carbons (Fsp3) is 0.136. The van der Waals surface area contributed by atoms with Gasteiger partial charge in [0.25, 0.3) is 5.91 Å². The Morgan fingerprint density at radius 2 is 1.86 bits per heavy atom. The van der Waals surface area contributed by atoms with Gasteiger partial charge in [-0.05, 0) is 31.2 Å². The molecule has 0 aliphatic carbocycles. The van der Waals surface area contributed by atoms with Crippen LogP contribution in [0.4, 0.5) is 5.69 Å². The van der Waals surface area contributed by atoms with E-state index in [1.54, 1.807) is 4.90 Å². The summed E-state index contributed by atoms with van der Waals surface area (Å²) in [5.74, 6) is -0.179. The van der Waals surface area contributed by atoms with E-state index in [-0.39, 0.29) is 18.4 Å². The standard InChI is InChI=1S/C22H19N3O2S2/c1-2-25-21(27)19(29-22(25)28)12-15-13-24(18-11-7-6-10-17(15)18)14-20(26)23-16-8-4-3-5-9-16/h3-13H,2,14H2,1H3,(H,23,26). The highest BCUT2D eigenvalue weighted by Gasteiger charge is 2.30. The van der Waals surface area contributed by atoms with Gasteiger partial charge in [0, 0.05) is 34.9 Å². The lowest BCUT2D eigenvalue weighted by Crippen LogP contribution is -2.27. The van der Waals surface area contributed by atoms with Gasteiger partial charge in [-0.1, -0.05) is 60.4 Å². The number of carbonyl (C=O) groups excluding carboxylic acids is 2. The molecular weight excluding hydrogens is 402 g/mol. The highest BCUT2D eigenvalue weighted by atomic mass is 32.2. The van der Waals surface area contributed by atoms with Gasteiger partial charge in [-0.15, -0.1) is 0 Å². The molecule has 3 aromatic rings. The first-order chi connectivity index (χ1) is 14.1. The van der Waals surface area contributed by atoms with Crippen LogP contribution in [-0.2, 0) is 16.1 Å². The monoisotopic (exact) mass is 421 g/mol. The number of amides is 2. The molecule has 1 aliphatic rings. The van der Waals surface area contributed by atoms with Gasteiger partial charge < -0.3 is 9.88 Å². The molecule has 4 rings (SSSR count). The van der Waals surface area contributed by atoms with Crippen molar-refractivity contribution < 1.29 is 9.59 Å². The molecule has 0 spiro atoms. The summed E-state index contributed by atoms with van der Waals surface area (Å²) in [5.41, 5.74) is 2.59. The molecule has 1 fully saturated rings. The van der Waals surface area contributed by atoms with Gasteiger partial charge >= 0.3 is 0 Å². The molecule has 2 heterocycles. The molecule has 146 valence electrons. The third-order valence-electron chi connectivity index (χ3n) is 4.67. The Hall–Kier alpha value is -2.90. The number of hydrogen-bond donors (Lipinski definition) is 1. The maximum atomic E-state index is 12.6. The van der Waals surface area contributed by atoms with Gasteiger partial charge in [-0.2, -0.15) is 0 Å². The molecule has 29 heavy (non-hydrogen) atoms. The number of nitrogens with one attached hydrogen (secondary N) is 1.